The second-order valence-corrected chi connectivity index (χ2v) is 15.2. The van der Waals surface area contributed by atoms with E-state index in [9.17, 15) is 19.2 Å². The molecule has 52 heavy (non-hydrogen) atoms. The van der Waals surface area contributed by atoms with E-state index in [1.807, 2.05) is 67.0 Å². The highest BCUT2D eigenvalue weighted by Gasteiger charge is 2.39. The van der Waals surface area contributed by atoms with Crippen LogP contribution in [0.15, 0.2) is 36.4 Å². The Morgan fingerprint density at radius 3 is 2.19 bits per heavy atom. The lowest BCUT2D eigenvalue weighted by Crippen LogP contribution is -2.53. The number of fused-ring (bicyclic) bond motifs is 1. The summed E-state index contributed by atoms with van der Waals surface area (Å²) in [6, 6.07) is 11.7. The van der Waals surface area contributed by atoms with E-state index in [0.29, 0.717) is 70.6 Å². The number of amides is 5. The highest BCUT2D eigenvalue weighted by atomic mass is 16.6. The van der Waals surface area contributed by atoms with E-state index in [1.54, 1.807) is 9.80 Å². The minimum absolute atomic E-state index is 0.00733. The Morgan fingerprint density at radius 1 is 0.885 bits per heavy atom. The van der Waals surface area contributed by atoms with Crippen LogP contribution in [0.3, 0.4) is 0 Å². The summed E-state index contributed by atoms with van der Waals surface area (Å²) in [5.74, 6) is 0.797. The van der Waals surface area contributed by atoms with Crippen molar-refractivity contribution >= 4 is 35.5 Å². The van der Waals surface area contributed by atoms with E-state index < -0.39 is 12.2 Å². The van der Waals surface area contributed by atoms with Gasteiger partial charge < -0.3 is 40.1 Å². The van der Waals surface area contributed by atoms with E-state index >= 15 is 0 Å². The number of nitrogen functional groups attached to an aromatic ring is 1. The van der Waals surface area contributed by atoms with Crippen LogP contribution in [0.2, 0.25) is 0 Å². The molecule has 3 atom stereocenters. The zero-order valence-corrected chi connectivity index (χ0v) is 31.3. The molecule has 4 aliphatic rings. The molecule has 4 aliphatic heterocycles. The largest absolute Gasteiger partial charge is 0.450 e. The number of urea groups is 1. The Bertz CT molecular complexity index is 1590. The van der Waals surface area contributed by atoms with E-state index in [-0.39, 0.29) is 36.5 Å². The first-order valence-corrected chi connectivity index (χ1v) is 19.2. The number of hydrogen-bond acceptors (Lipinski definition) is 7. The van der Waals surface area contributed by atoms with Gasteiger partial charge in [0.15, 0.2) is 6.10 Å². The number of nitrogens with zero attached hydrogens (tertiary/aromatic N) is 4. The fourth-order valence-electron chi connectivity index (χ4n) is 8.79. The maximum absolute atomic E-state index is 14.3. The number of nitrogens with two attached hydrogens (primary N) is 1. The number of rotatable bonds is 7. The number of para-hydroxylation sites is 1. The Morgan fingerprint density at radius 2 is 1.52 bits per heavy atom. The highest BCUT2D eigenvalue weighted by Crippen LogP contribution is 2.36. The highest BCUT2D eigenvalue weighted by molar-refractivity contribution is 5.91. The molecule has 3 fully saturated rings. The van der Waals surface area contributed by atoms with Gasteiger partial charge in [0.05, 0.1) is 6.61 Å². The summed E-state index contributed by atoms with van der Waals surface area (Å²) in [7, 11) is 0. The van der Waals surface area contributed by atoms with Gasteiger partial charge in [-0.3, -0.25) is 4.79 Å². The van der Waals surface area contributed by atoms with Crippen molar-refractivity contribution in [2.75, 3.05) is 56.9 Å². The Kier molecular flexibility index (Phi) is 11.8. The lowest BCUT2D eigenvalue weighted by Gasteiger charge is -2.44. The third-order valence-corrected chi connectivity index (χ3v) is 11.8. The van der Waals surface area contributed by atoms with Gasteiger partial charge >= 0.3 is 18.2 Å². The number of piperidine rings is 3. The number of hydrogen-bond donors (Lipinski definition) is 2. The quantitative estimate of drug-likeness (QED) is 0.336. The van der Waals surface area contributed by atoms with Crippen LogP contribution in [0.5, 0.6) is 0 Å². The third-order valence-electron chi connectivity index (χ3n) is 11.8. The van der Waals surface area contributed by atoms with Crippen molar-refractivity contribution in [3.05, 3.63) is 58.7 Å². The molecule has 0 aliphatic carbocycles. The van der Waals surface area contributed by atoms with Crippen molar-refractivity contribution in [2.24, 2.45) is 11.8 Å². The standard InChI is InChI=1S/C40H56N6O6/c1-5-51-39(49)43-16-10-30(11-17-43)32-13-20-45(28(4)24-32)37(47)35(25-29-22-26(2)36(41)27(3)23-29)52-40(50)44-18-14-33(15-19-44)46-21-12-31-8-6-7-9-34(31)42-38(46)48/h6-9,22-23,28,30,32-33,35H,5,10-21,24-25,41H2,1-4H3,(H,42,48)/t28?,32?,35-/m1/s1. The van der Waals surface area contributed by atoms with Crippen molar-refractivity contribution in [2.45, 2.75) is 97.2 Å². The number of benzene rings is 2. The van der Waals surface area contributed by atoms with Gasteiger partial charge in [-0.15, -0.1) is 0 Å². The lowest BCUT2D eigenvalue weighted by molar-refractivity contribution is -0.145. The minimum Gasteiger partial charge on any atom is -0.450 e. The van der Waals surface area contributed by atoms with Crippen molar-refractivity contribution in [3.8, 4) is 0 Å². The molecule has 0 radical (unpaired) electrons. The number of aryl methyl sites for hydroxylation is 2. The van der Waals surface area contributed by atoms with Gasteiger partial charge in [-0.2, -0.15) is 0 Å². The van der Waals surface area contributed by atoms with Gasteiger partial charge in [0.25, 0.3) is 5.91 Å². The maximum atomic E-state index is 14.3. The molecule has 6 rings (SSSR count). The van der Waals surface area contributed by atoms with E-state index in [4.69, 9.17) is 15.2 Å². The van der Waals surface area contributed by atoms with Crippen LogP contribution in [-0.2, 0) is 27.1 Å². The minimum atomic E-state index is -0.977. The fraction of sp³-hybridized carbons (Fsp3) is 0.600. The Hall–Kier alpha value is -4.48. The van der Waals surface area contributed by atoms with Crippen LogP contribution in [0.25, 0.3) is 0 Å². The number of ether oxygens (including phenoxy) is 2. The van der Waals surface area contributed by atoms with Gasteiger partial charge in [0.1, 0.15) is 0 Å². The van der Waals surface area contributed by atoms with Gasteiger partial charge in [-0.05, 0) is 113 Å². The monoisotopic (exact) mass is 716 g/mol. The average Bonchev–Trinajstić information content (AvgIpc) is 3.31. The van der Waals surface area contributed by atoms with Crippen LogP contribution in [0, 0.1) is 25.7 Å². The normalized spacial score (nSPS) is 22.3. The molecule has 12 nitrogen and oxygen atoms in total. The second-order valence-electron chi connectivity index (χ2n) is 15.2. The van der Waals surface area contributed by atoms with E-state index in [2.05, 4.69) is 12.2 Å². The first kappa shape index (κ1) is 37.3. The predicted octanol–water partition coefficient (Wildman–Crippen LogP) is 5.98. The first-order valence-electron chi connectivity index (χ1n) is 19.2. The molecule has 12 heteroatoms. The molecule has 2 aromatic carbocycles. The number of carbonyl (C=O) groups excluding carboxylic acids is 4. The molecular formula is C40H56N6O6. The zero-order valence-electron chi connectivity index (χ0n) is 31.3. The molecule has 0 bridgehead atoms. The molecule has 4 heterocycles. The summed E-state index contributed by atoms with van der Waals surface area (Å²) in [5, 5.41) is 3.06. The molecule has 2 unspecified atom stereocenters. The Labute approximate surface area is 307 Å². The summed E-state index contributed by atoms with van der Waals surface area (Å²) in [6.45, 7) is 11.7. The topological polar surface area (TPSA) is 138 Å². The number of nitrogens with one attached hydrogen (secondary N) is 1. The van der Waals surface area contributed by atoms with Gasteiger partial charge in [0, 0.05) is 69.1 Å². The van der Waals surface area contributed by atoms with Gasteiger partial charge in [-0.25, -0.2) is 14.4 Å². The summed E-state index contributed by atoms with van der Waals surface area (Å²) in [6.07, 6.45) is 4.23. The van der Waals surface area contributed by atoms with E-state index in [1.165, 1.54) is 0 Å². The zero-order chi connectivity index (χ0) is 36.9. The second kappa shape index (κ2) is 16.5. The van der Waals surface area contributed by atoms with Gasteiger partial charge in [-0.1, -0.05) is 30.3 Å². The van der Waals surface area contributed by atoms with Crippen LogP contribution >= 0.6 is 0 Å². The lowest BCUT2D eigenvalue weighted by atomic mass is 9.76. The number of anilines is 2. The van der Waals surface area contributed by atoms with Crippen LogP contribution in [0.4, 0.5) is 25.8 Å². The Balaban J connectivity index is 1.08. The molecule has 3 saturated heterocycles. The van der Waals surface area contributed by atoms with Crippen molar-refractivity contribution < 1.29 is 28.7 Å². The smallest absolute Gasteiger partial charge is 0.410 e. The van der Waals surface area contributed by atoms with Crippen molar-refractivity contribution in [3.63, 3.8) is 0 Å². The SMILES string of the molecule is CCOC(=O)N1CCC(C2CCN(C(=O)[C@@H](Cc3cc(C)c(N)c(C)c3)OC(=O)N3CCC(N4CCc5ccccc5NC4=O)CC3)C(C)C2)CC1. The predicted molar refractivity (Wildman–Crippen MR) is 200 cm³/mol. The molecular weight excluding hydrogens is 660 g/mol. The van der Waals surface area contributed by atoms with Crippen LogP contribution in [0.1, 0.15) is 74.6 Å². The number of likely N-dealkylation sites (tertiary alicyclic amines) is 3. The van der Waals surface area contributed by atoms with Gasteiger partial charge in [0.2, 0.25) is 0 Å². The van der Waals surface area contributed by atoms with Crippen LogP contribution in [-0.4, -0.2) is 108 Å². The first-order chi connectivity index (χ1) is 25.0. The molecule has 2 aromatic rings. The molecule has 0 saturated carbocycles. The van der Waals surface area contributed by atoms with Crippen molar-refractivity contribution in [1.29, 1.82) is 0 Å². The third kappa shape index (κ3) is 8.42. The molecule has 3 N–H and O–H groups in total. The molecule has 5 amide bonds. The average molecular weight is 717 g/mol. The van der Waals surface area contributed by atoms with Crippen molar-refractivity contribution in [1.82, 2.24) is 19.6 Å². The summed E-state index contributed by atoms with van der Waals surface area (Å²) >= 11 is 0. The number of carbonyl (C=O) groups is 4. The summed E-state index contributed by atoms with van der Waals surface area (Å²) in [5.41, 5.74) is 11.7. The van der Waals surface area contributed by atoms with E-state index in [0.717, 1.165) is 65.7 Å². The molecule has 0 aromatic heterocycles. The molecule has 282 valence electrons. The summed E-state index contributed by atoms with van der Waals surface area (Å²) in [4.78, 5) is 60.7. The summed E-state index contributed by atoms with van der Waals surface area (Å²) < 4.78 is 11.3. The fourth-order valence-corrected chi connectivity index (χ4v) is 8.79. The maximum Gasteiger partial charge on any atom is 0.410 e. The molecule has 0 spiro atoms. The van der Waals surface area contributed by atoms with Crippen LogP contribution < -0.4 is 11.1 Å².